The maximum absolute atomic E-state index is 5.97. The Labute approximate surface area is 101 Å². The molecule has 4 nitrogen and oxygen atoms in total. The van der Waals surface area contributed by atoms with E-state index in [0.29, 0.717) is 5.15 Å². The summed E-state index contributed by atoms with van der Waals surface area (Å²) in [6, 6.07) is 0. The molecule has 1 saturated heterocycles. The Morgan fingerprint density at radius 2 is 2.31 bits per heavy atom. The first-order chi connectivity index (χ1) is 7.75. The molecule has 0 aliphatic carbocycles. The first kappa shape index (κ1) is 11.8. The van der Waals surface area contributed by atoms with Crippen molar-refractivity contribution in [2.24, 2.45) is 5.92 Å². The van der Waals surface area contributed by atoms with Gasteiger partial charge in [-0.05, 0) is 32.5 Å². The van der Waals surface area contributed by atoms with Gasteiger partial charge in [0.15, 0.2) is 5.15 Å². The summed E-state index contributed by atoms with van der Waals surface area (Å²) in [6.07, 6.45) is 4.57. The van der Waals surface area contributed by atoms with Crippen LogP contribution in [0, 0.1) is 5.92 Å². The molecular formula is C11H17ClN4. The molecule has 0 bridgehead atoms. The SMILES string of the molecule is CN(Cc1nccnc1Cl)C[C@H]1CCNC1. The predicted octanol–water partition coefficient (Wildman–Crippen LogP) is 1.17. The van der Waals surface area contributed by atoms with E-state index in [1.165, 1.54) is 6.42 Å². The smallest absolute Gasteiger partial charge is 0.151 e. The van der Waals surface area contributed by atoms with Crippen LogP contribution in [0.5, 0.6) is 0 Å². The zero-order valence-corrected chi connectivity index (χ0v) is 10.2. The highest BCUT2D eigenvalue weighted by Crippen LogP contribution is 2.13. The Morgan fingerprint density at radius 3 is 3.00 bits per heavy atom. The second-order valence-electron chi connectivity index (χ2n) is 4.35. The first-order valence-corrected chi connectivity index (χ1v) is 5.98. The lowest BCUT2D eigenvalue weighted by molar-refractivity contribution is 0.275. The third-order valence-corrected chi connectivity index (χ3v) is 3.19. The van der Waals surface area contributed by atoms with Crippen LogP contribution in [0.4, 0.5) is 0 Å². The largest absolute Gasteiger partial charge is 0.316 e. The van der Waals surface area contributed by atoms with Gasteiger partial charge in [0.25, 0.3) is 0 Å². The molecule has 0 radical (unpaired) electrons. The summed E-state index contributed by atoms with van der Waals surface area (Å²) >= 11 is 5.97. The van der Waals surface area contributed by atoms with E-state index in [4.69, 9.17) is 11.6 Å². The minimum absolute atomic E-state index is 0.513. The molecule has 0 aromatic carbocycles. The van der Waals surface area contributed by atoms with E-state index in [-0.39, 0.29) is 0 Å². The van der Waals surface area contributed by atoms with Crippen LogP contribution < -0.4 is 5.32 Å². The molecule has 5 heteroatoms. The van der Waals surface area contributed by atoms with E-state index in [1.54, 1.807) is 12.4 Å². The second-order valence-corrected chi connectivity index (χ2v) is 4.71. The summed E-state index contributed by atoms with van der Waals surface area (Å²) in [6.45, 7) is 4.12. The fourth-order valence-corrected chi connectivity index (χ4v) is 2.25. The molecule has 1 atom stereocenters. The number of hydrogen-bond donors (Lipinski definition) is 1. The van der Waals surface area contributed by atoms with Crippen molar-refractivity contribution in [1.29, 1.82) is 0 Å². The Kier molecular flexibility index (Phi) is 4.09. The van der Waals surface area contributed by atoms with E-state index in [1.807, 2.05) is 0 Å². The Bertz CT molecular complexity index is 339. The van der Waals surface area contributed by atoms with Crippen LogP contribution in [0.2, 0.25) is 5.15 Å². The number of rotatable bonds is 4. The molecule has 0 amide bonds. The molecule has 1 aromatic rings. The molecule has 1 N–H and O–H groups in total. The van der Waals surface area contributed by atoms with Gasteiger partial charge in [0.05, 0.1) is 5.69 Å². The second kappa shape index (κ2) is 5.57. The van der Waals surface area contributed by atoms with Crippen molar-refractivity contribution in [2.75, 3.05) is 26.7 Å². The fourth-order valence-electron chi connectivity index (χ4n) is 2.09. The monoisotopic (exact) mass is 240 g/mol. The van der Waals surface area contributed by atoms with Crippen molar-refractivity contribution >= 4 is 11.6 Å². The van der Waals surface area contributed by atoms with Crippen molar-refractivity contribution < 1.29 is 0 Å². The quantitative estimate of drug-likeness (QED) is 0.858. The van der Waals surface area contributed by atoms with Gasteiger partial charge in [0, 0.05) is 25.5 Å². The Hall–Kier alpha value is -0.710. The summed E-state index contributed by atoms with van der Waals surface area (Å²) in [7, 11) is 2.10. The normalized spacial score (nSPS) is 20.6. The highest BCUT2D eigenvalue weighted by molar-refractivity contribution is 6.29. The van der Waals surface area contributed by atoms with Gasteiger partial charge in [-0.3, -0.25) is 4.98 Å². The van der Waals surface area contributed by atoms with Gasteiger partial charge >= 0.3 is 0 Å². The molecular weight excluding hydrogens is 224 g/mol. The summed E-state index contributed by atoms with van der Waals surface area (Å²) in [5.74, 6) is 0.750. The van der Waals surface area contributed by atoms with Crippen LogP contribution in [-0.2, 0) is 6.54 Å². The molecule has 0 spiro atoms. The van der Waals surface area contributed by atoms with Crippen molar-refractivity contribution in [3.63, 3.8) is 0 Å². The third-order valence-electron chi connectivity index (χ3n) is 2.87. The van der Waals surface area contributed by atoms with Crippen LogP contribution >= 0.6 is 11.6 Å². The topological polar surface area (TPSA) is 41.1 Å². The van der Waals surface area contributed by atoms with Crippen LogP contribution in [0.3, 0.4) is 0 Å². The number of nitrogens with one attached hydrogen (secondary N) is 1. The highest BCUT2D eigenvalue weighted by atomic mass is 35.5. The standard InChI is InChI=1S/C11H17ClN4/c1-16(7-9-2-3-13-6-9)8-10-11(12)15-5-4-14-10/h4-5,9,13H,2-3,6-8H2,1H3/t9-/m0/s1. The van der Waals surface area contributed by atoms with Gasteiger partial charge < -0.3 is 10.2 Å². The lowest BCUT2D eigenvalue weighted by Crippen LogP contribution is -2.27. The lowest BCUT2D eigenvalue weighted by Gasteiger charge is -2.19. The molecule has 0 unspecified atom stereocenters. The zero-order chi connectivity index (χ0) is 11.4. The van der Waals surface area contributed by atoms with Crippen molar-refractivity contribution in [3.8, 4) is 0 Å². The summed E-state index contributed by atoms with van der Waals surface area (Å²) in [5, 5.41) is 3.89. The Morgan fingerprint density at radius 1 is 1.50 bits per heavy atom. The van der Waals surface area contributed by atoms with Gasteiger partial charge in [-0.1, -0.05) is 11.6 Å². The molecule has 1 aromatic heterocycles. The molecule has 2 heterocycles. The van der Waals surface area contributed by atoms with E-state index >= 15 is 0 Å². The first-order valence-electron chi connectivity index (χ1n) is 5.60. The van der Waals surface area contributed by atoms with Crippen LogP contribution in [0.1, 0.15) is 12.1 Å². The Balaban J connectivity index is 1.86. The molecule has 1 aliphatic heterocycles. The van der Waals surface area contributed by atoms with Crippen LogP contribution in [0.25, 0.3) is 0 Å². The van der Waals surface area contributed by atoms with Crippen molar-refractivity contribution in [3.05, 3.63) is 23.2 Å². The number of aromatic nitrogens is 2. The number of nitrogens with zero attached hydrogens (tertiary/aromatic N) is 3. The van der Waals surface area contributed by atoms with Gasteiger partial charge in [-0.15, -0.1) is 0 Å². The average Bonchev–Trinajstić information content (AvgIpc) is 2.74. The van der Waals surface area contributed by atoms with Gasteiger partial charge in [-0.2, -0.15) is 0 Å². The van der Waals surface area contributed by atoms with E-state index in [2.05, 4.69) is 27.2 Å². The molecule has 2 rings (SSSR count). The van der Waals surface area contributed by atoms with E-state index in [0.717, 1.165) is 37.8 Å². The maximum Gasteiger partial charge on any atom is 0.151 e. The van der Waals surface area contributed by atoms with Crippen LogP contribution in [0.15, 0.2) is 12.4 Å². The minimum atomic E-state index is 0.513. The van der Waals surface area contributed by atoms with Crippen molar-refractivity contribution in [2.45, 2.75) is 13.0 Å². The number of halogens is 1. The van der Waals surface area contributed by atoms with Gasteiger partial charge in [0.2, 0.25) is 0 Å². The summed E-state index contributed by atoms with van der Waals surface area (Å²) < 4.78 is 0. The van der Waals surface area contributed by atoms with Gasteiger partial charge in [0.1, 0.15) is 0 Å². The summed E-state index contributed by atoms with van der Waals surface area (Å²) in [4.78, 5) is 10.5. The maximum atomic E-state index is 5.97. The highest BCUT2D eigenvalue weighted by Gasteiger charge is 2.17. The number of hydrogen-bond acceptors (Lipinski definition) is 4. The zero-order valence-electron chi connectivity index (χ0n) is 9.49. The molecule has 1 fully saturated rings. The fraction of sp³-hybridized carbons (Fsp3) is 0.636. The average molecular weight is 241 g/mol. The lowest BCUT2D eigenvalue weighted by atomic mass is 10.1. The molecule has 16 heavy (non-hydrogen) atoms. The van der Waals surface area contributed by atoms with Crippen molar-refractivity contribution in [1.82, 2.24) is 20.2 Å². The van der Waals surface area contributed by atoms with Crippen LogP contribution in [-0.4, -0.2) is 41.5 Å². The molecule has 88 valence electrons. The van der Waals surface area contributed by atoms with Gasteiger partial charge in [-0.25, -0.2) is 4.98 Å². The predicted molar refractivity (Wildman–Crippen MR) is 64.4 cm³/mol. The van der Waals surface area contributed by atoms with E-state index < -0.39 is 0 Å². The third kappa shape index (κ3) is 3.14. The summed E-state index contributed by atoms with van der Waals surface area (Å²) in [5.41, 5.74) is 0.859. The minimum Gasteiger partial charge on any atom is -0.316 e. The van der Waals surface area contributed by atoms with E-state index in [9.17, 15) is 0 Å². The molecule has 1 aliphatic rings. The molecule has 0 saturated carbocycles.